The molecule has 1 fully saturated rings. The van der Waals surface area contributed by atoms with Crippen LogP contribution in [0.4, 0.5) is 0 Å². The number of nitrogens with zero attached hydrogens (tertiary/aromatic N) is 2. The highest BCUT2D eigenvalue weighted by atomic mass is 31.2. The van der Waals surface area contributed by atoms with E-state index in [-0.39, 0.29) is 43.2 Å². The predicted octanol–water partition coefficient (Wildman–Crippen LogP) is 7.43. The van der Waals surface area contributed by atoms with Crippen molar-refractivity contribution in [2.45, 2.75) is 96.2 Å². The second-order valence-electron chi connectivity index (χ2n) is 16.8. The number of amides is 1. The fourth-order valence-electron chi connectivity index (χ4n) is 7.70. The lowest BCUT2D eigenvalue weighted by Crippen LogP contribution is -2.49. The molecular formula is C48H59N4O10P. The van der Waals surface area contributed by atoms with E-state index in [2.05, 4.69) is 10.3 Å². The zero-order valence-corrected chi connectivity index (χ0v) is 38.3. The van der Waals surface area contributed by atoms with Crippen LogP contribution >= 0.6 is 8.53 Å². The number of nitrogens with one attached hydrogen (secondary N) is 2. The zero-order chi connectivity index (χ0) is 45.5. The molecule has 4 aromatic carbocycles. The Balaban J connectivity index is 1.43. The van der Waals surface area contributed by atoms with Crippen LogP contribution in [0.1, 0.15) is 86.8 Å². The number of carbonyl (C=O) groups excluding carboxylic acids is 1. The van der Waals surface area contributed by atoms with Crippen LogP contribution in [-0.4, -0.2) is 82.2 Å². The summed E-state index contributed by atoms with van der Waals surface area (Å²) < 4.78 is 41.7. The zero-order valence-electron chi connectivity index (χ0n) is 37.4. The van der Waals surface area contributed by atoms with E-state index in [9.17, 15) is 19.5 Å². The van der Waals surface area contributed by atoms with Gasteiger partial charge in [0.1, 0.15) is 29.4 Å². The lowest BCUT2D eigenvalue weighted by Gasteiger charge is -2.42. The van der Waals surface area contributed by atoms with Gasteiger partial charge in [-0.1, -0.05) is 72.8 Å². The predicted molar refractivity (Wildman–Crippen MR) is 242 cm³/mol. The van der Waals surface area contributed by atoms with Crippen molar-refractivity contribution in [1.82, 2.24) is 19.5 Å². The molecule has 15 heteroatoms. The topological polar surface area (TPSA) is 163 Å². The summed E-state index contributed by atoms with van der Waals surface area (Å²) in [5, 5.41) is 16.1. The van der Waals surface area contributed by atoms with Gasteiger partial charge < -0.3 is 33.9 Å². The molecule has 336 valence electrons. The highest BCUT2D eigenvalue weighted by Crippen LogP contribution is 2.54. The minimum absolute atomic E-state index is 0.0133. The van der Waals surface area contributed by atoms with Gasteiger partial charge in [-0.2, -0.15) is 0 Å². The maximum atomic E-state index is 13.4. The number of hydrogen-bond acceptors (Lipinski definition) is 11. The molecule has 1 saturated heterocycles. The lowest BCUT2D eigenvalue weighted by molar-refractivity contribution is -0.201. The Bertz CT molecular complexity index is 2340. The van der Waals surface area contributed by atoms with Gasteiger partial charge in [0.15, 0.2) is 0 Å². The van der Waals surface area contributed by atoms with Crippen molar-refractivity contribution in [2.24, 2.45) is 0 Å². The molecule has 6 rings (SSSR count). The summed E-state index contributed by atoms with van der Waals surface area (Å²) in [5.74, 6) is -1.10. The molecule has 0 spiro atoms. The van der Waals surface area contributed by atoms with E-state index in [1.807, 2.05) is 131 Å². The molecule has 1 unspecified atom stereocenters. The minimum atomic E-state index is -2.14. The number of rotatable bonds is 19. The summed E-state index contributed by atoms with van der Waals surface area (Å²) in [5.41, 5.74) is -0.343. The van der Waals surface area contributed by atoms with Crippen molar-refractivity contribution < 1.29 is 37.9 Å². The van der Waals surface area contributed by atoms with E-state index in [1.54, 1.807) is 45.4 Å². The molecule has 5 aromatic rings. The van der Waals surface area contributed by atoms with Crippen molar-refractivity contribution in [3.05, 3.63) is 164 Å². The molecule has 0 radical (unpaired) electrons. The van der Waals surface area contributed by atoms with Crippen molar-refractivity contribution >= 4 is 14.4 Å². The Labute approximate surface area is 370 Å². The van der Waals surface area contributed by atoms with E-state index in [4.69, 9.17) is 28.0 Å². The molecule has 14 nitrogen and oxygen atoms in total. The average molecular weight is 883 g/mol. The van der Waals surface area contributed by atoms with Crippen LogP contribution in [0.15, 0.2) is 125 Å². The van der Waals surface area contributed by atoms with Gasteiger partial charge in [-0.15, -0.1) is 0 Å². The first-order chi connectivity index (χ1) is 30.0. The van der Waals surface area contributed by atoms with Crippen molar-refractivity contribution in [3.63, 3.8) is 0 Å². The molecular weight excluding hydrogens is 824 g/mol. The highest BCUT2D eigenvalue weighted by Gasteiger charge is 2.54. The molecule has 1 aliphatic heterocycles. The van der Waals surface area contributed by atoms with Crippen LogP contribution in [0, 0.1) is 6.92 Å². The van der Waals surface area contributed by atoms with E-state index in [0.717, 1.165) is 16.7 Å². The van der Waals surface area contributed by atoms with Gasteiger partial charge in [0.25, 0.3) is 20.0 Å². The van der Waals surface area contributed by atoms with Gasteiger partial charge in [0, 0.05) is 29.4 Å². The monoisotopic (exact) mass is 882 g/mol. The van der Waals surface area contributed by atoms with E-state index < -0.39 is 49.0 Å². The third-order valence-electron chi connectivity index (χ3n) is 10.9. The molecule has 0 aliphatic carbocycles. The number of aromatic amines is 1. The first-order valence-corrected chi connectivity index (χ1v) is 22.1. The second-order valence-corrected chi connectivity index (χ2v) is 18.2. The lowest BCUT2D eigenvalue weighted by atomic mass is 9.80. The summed E-state index contributed by atoms with van der Waals surface area (Å²) in [7, 11) is 1.10. The number of methoxy groups -OCH3 is 2. The number of hydrogen-bond donors (Lipinski definition) is 3. The number of ether oxygens (including phenoxy) is 4. The Morgan fingerprint density at radius 2 is 1.40 bits per heavy atom. The quantitative estimate of drug-likeness (QED) is 0.0430. The molecule has 63 heavy (non-hydrogen) atoms. The number of carbonyl (C=O) groups is 1. The van der Waals surface area contributed by atoms with Gasteiger partial charge in [-0.3, -0.25) is 23.7 Å². The first kappa shape index (κ1) is 47.3. The molecule has 0 saturated carbocycles. The van der Waals surface area contributed by atoms with Crippen molar-refractivity contribution in [1.29, 1.82) is 0 Å². The van der Waals surface area contributed by atoms with Gasteiger partial charge in [-0.25, -0.2) is 9.46 Å². The fourth-order valence-corrected chi connectivity index (χ4v) is 9.63. The average Bonchev–Trinajstić information content (AvgIpc) is 3.59. The van der Waals surface area contributed by atoms with Gasteiger partial charge in [0.2, 0.25) is 5.79 Å². The van der Waals surface area contributed by atoms with Crippen molar-refractivity contribution in [2.75, 3.05) is 27.4 Å². The van der Waals surface area contributed by atoms with Crippen LogP contribution in [0.5, 0.6) is 11.5 Å². The third kappa shape index (κ3) is 10.8. The number of aromatic nitrogens is 2. The van der Waals surface area contributed by atoms with Crippen molar-refractivity contribution in [3.8, 4) is 11.5 Å². The maximum Gasteiger partial charge on any atom is 0.330 e. The van der Waals surface area contributed by atoms with Crippen LogP contribution in [0.2, 0.25) is 0 Å². The summed E-state index contributed by atoms with van der Waals surface area (Å²) in [6.45, 7) is 13.0. The summed E-state index contributed by atoms with van der Waals surface area (Å²) in [4.78, 5) is 41.5. The van der Waals surface area contributed by atoms with Gasteiger partial charge >= 0.3 is 5.69 Å². The summed E-state index contributed by atoms with van der Waals surface area (Å²) in [6.07, 6.45) is -1.16. The summed E-state index contributed by atoms with van der Waals surface area (Å²) in [6, 6.07) is 33.5. The fraction of sp³-hybridized carbons (Fsp3) is 0.396. The van der Waals surface area contributed by atoms with E-state index in [1.165, 1.54) is 10.8 Å². The Morgan fingerprint density at radius 3 is 1.92 bits per heavy atom. The van der Waals surface area contributed by atoms with Gasteiger partial charge in [-0.05, 0) is 102 Å². The maximum absolute atomic E-state index is 13.4. The van der Waals surface area contributed by atoms with Crippen LogP contribution in [0.3, 0.4) is 0 Å². The van der Waals surface area contributed by atoms with Crippen LogP contribution < -0.4 is 26.0 Å². The molecule has 0 bridgehead atoms. The number of benzene rings is 4. The molecule has 2 heterocycles. The second kappa shape index (κ2) is 20.1. The Kier molecular flexibility index (Phi) is 15.1. The van der Waals surface area contributed by atoms with Gasteiger partial charge in [0.05, 0.1) is 39.4 Å². The minimum Gasteiger partial charge on any atom is -0.497 e. The van der Waals surface area contributed by atoms with Crippen LogP contribution in [-0.2, 0) is 24.1 Å². The standard InChI is InChI=1S/C48H59N4O10P/c1-32(2)52(33(3)4)63(60-31-46(6,7)50-44(54)35-16-12-10-13-17-35)62-47(56)28-42(51-29-34(5)43(53)49-45(51)55)61-41(47)30-59-48(36-18-14-11-15-19-36,37-20-24-39(57-8)25-21-37)38-22-26-40(58-9)27-23-38/h10-27,29,32-33,41-42,56H,28,30-31H2,1-9H3,(H,50,54)(H,49,53,55)/t41-,42-,47+,63?/m1/s1. The van der Waals surface area contributed by atoms with E-state index >= 15 is 0 Å². The smallest absolute Gasteiger partial charge is 0.330 e. The summed E-state index contributed by atoms with van der Waals surface area (Å²) >= 11 is 0. The normalized spacial score (nSPS) is 18.5. The Hall–Kier alpha value is -5.18. The molecule has 1 aliphatic rings. The largest absolute Gasteiger partial charge is 0.497 e. The van der Waals surface area contributed by atoms with Crippen LogP contribution in [0.25, 0.3) is 0 Å². The van der Waals surface area contributed by atoms with E-state index in [0.29, 0.717) is 17.1 Å². The SMILES string of the molecule is COc1ccc(C(OC[C@H]2O[C@@H](n3cc(C)c(=O)[nH]c3=O)C[C@]2(O)OP(OCC(C)(C)NC(=O)c2ccccc2)N(C(C)C)C(C)C)(c2ccccc2)c2ccc(OC)cc2)cc1. The number of aryl methyl sites for hydroxylation is 1. The molecule has 3 N–H and O–H groups in total. The third-order valence-corrected chi connectivity index (χ3v) is 13.0. The molecule has 1 amide bonds. The first-order valence-electron chi connectivity index (χ1n) is 21.0. The number of aliphatic hydroxyl groups is 1. The molecule has 1 aromatic heterocycles. The number of H-pyrrole nitrogens is 1. The highest BCUT2D eigenvalue weighted by molar-refractivity contribution is 7.44. The Morgan fingerprint density at radius 1 is 0.873 bits per heavy atom. The molecule has 4 atom stereocenters.